The number of aryl methyl sites for hydroxylation is 1. The fourth-order valence-corrected chi connectivity index (χ4v) is 1.97. The van der Waals surface area contributed by atoms with Gasteiger partial charge in [-0.3, -0.25) is 4.68 Å². The zero-order valence-electron chi connectivity index (χ0n) is 11.2. The Morgan fingerprint density at radius 3 is 2.71 bits per heavy atom. The van der Waals surface area contributed by atoms with Gasteiger partial charge in [0.05, 0.1) is 6.10 Å². The van der Waals surface area contributed by atoms with Crippen LogP contribution < -0.4 is 4.74 Å². The number of hydrogen-bond acceptors (Lipinski definition) is 4. The van der Waals surface area contributed by atoms with Gasteiger partial charge < -0.3 is 9.84 Å². The minimum atomic E-state index is -4.81. The third kappa shape index (κ3) is 3.94. The van der Waals surface area contributed by atoms with Gasteiger partial charge in [-0.1, -0.05) is 18.2 Å². The van der Waals surface area contributed by atoms with Crippen LogP contribution in [0.15, 0.2) is 30.6 Å². The molecule has 5 nitrogen and oxygen atoms in total. The van der Waals surface area contributed by atoms with Crippen LogP contribution in [0.1, 0.15) is 24.4 Å². The molecule has 2 rings (SSSR count). The fourth-order valence-electron chi connectivity index (χ4n) is 1.97. The largest absolute Gasteiger partial charge is 0.573 e. The summed E-state index contributed by atoms with van der Waals surface area (Å²) in [6.45, 7) is 2.41. The molecule has 1 aromatic heterocycles. The highest BCUT2D eigenvalue weighted by Crippen LogP contribution is 2.31. The second-order valence-corrected chi connectivity index (χ2v) is 4.30. The molecule has 114 valence electrons. The van der Waals surface area contributed by atoms with Crippen LogP contribution in [0.5, 0.6) is 5.75 Å². The number of aromatic nitrogens is 3. The molecular weight excluding hydrogens is 287 g/mol. The van der Waals surface area contributed by atoms with E-state index in [1.54, 1.807) is 4.68 Å². The molecule has 1 aromatic carbocycles. The van der Waals surface area contributed by atoms with Gasteiger partial charge in [0.25, 0.3) is 0 Å². The maximum atomic E-state index is 12.4. The van der Waals surface area contributed by atoms with E-state index in [1.807, 2.05) is 6.92 Å². The van der Waals surface area contributed by atoms with Crippen LogP contribution in [0.25, 0.3) is 0 Å². The fraction of sp³-hybridized carbons (Fsp3) is 0.385. The number of nitrogens with zero attached hydrogens (tertiary/aromatic N) is 3. The van der Waals surface area contributed by atoms with Crippen molar-refractivity contribution in [3.63, 3.8) is 0 Å². The molecule has 0 spiro atoms. The zero-order chi connectivity index (χ0) is 15.5. The lowest BCUT2D eigenvalue weighted by Crippen LogP contribution is -2.19. The highest BCUT2D eigenvalue weighted by Gasteiger charge is 2.32. The highest BCUT2D eigenvalue weighted by atomic mass is 19.4. The molecule has 0 aliphatic carbocycles. The normalized spacial score (nSPS) is 13.2. The maximum absolute atomic E-state index is 12.4. The topological polar surface area (TPSA) is 60.2 Å². The van der Waals surface area contributed by atoms with Gasteiger partial charge in [-0.25, -0.2) is 4.98 Å². The van der Waals surface area contributed by atoms with Crippen molar-refractivity contribution in [1.29, 1.82) is 0 Å². The van der Waals surface area contributed by atoms with Crippen molar-refractivity contribution >= 4 is 0 Å². The average molecular weight is 301 g/mol. The molecule has 0 fully saturated rings. The Labute approximate surface area is 119 Å². The molecule has 0 aliphatic rings. The third-order valence-corrected chi connectivity index (χ3v) is 2.87. The van der Waals surface area contributed by atoms with E-state index in [1.165, 1.54) is 24.5 Å². The smallest absolute Gasteiger partial charge is 0.405 e. The van der Waals surface area contributed by atoms with Gasteiger partial charge in [0, 0.05) is 18.5 Å². The van der Waals surface area contributed by atoms with Crippen LogP contribution in [0.4, 0.5) is 13.2 Å². The zero-order valence-corrected chi connectivity index (χ0v) is 11.2. The summed E-state index contributed by atoms with van der Waals surface area (Å²) in [4.78, 5) is 3.99. The van der Waals surface area contributed by atoms with E-state index >= 15 is 0 Å². The molecule has 0 saturated carbocycles. The summed E-state index contributed by atoms with van der Waals surface area (Å²) in [5.74, 6) is 0.0758. The Hall–Kier alpha value is -2.09. The minimum absolute atomic E-state index is 0.0477. The Bertz CT molecular complexity index is 598. The monoisotopic (exact) mass is 301 g/mol. The van der Waals surface area contributed by atoms with Crippen molar-refractivity contribution in [2.24, 2.45) is 0 Å². The molecule has 0 radical (unpaired) electrons. The molecule has 0 amide bonds. The lowest BCUT2D eigenvalue weighted by molar-refractivity contribution is -0.275. The first-order valence-corrected chi connectivity index (χ1v) is 6.30. The SMILES string of the molecule is CCn1ncnc1CC(O)c1ccccc1OC(F)(F)F. The highest BCUT2D eigenvalue weighted by molar-refractivity contribution is 5.35. The number of halogens is 3. The number of ether oxygens (including phenoxy) is 1. The molecule has 0 saturated heterocycles. The molecule has 1 heterocycles. The predicted octanol–water partition coefficient (Wildman–Crippen LogP) is 2.47. The van der Waals surface area contributed by atoms with Gasteiger partial charge >= 0.3 is 6.36 Å². The molecule has 1 N–H and O–H groups in total. The lowest BCUT2D eigenvalue weighted by atomic mass is 10.1. The first kappa shape index (κ1) is 15.3. The number of benzene rings is 1. The van der Waals surface area contributed by atoms with Crippen LogP contribution in [0.2, 0.25) is 0 Å². The number of aliphatic hydroxyl groups is 1. The molecular formula is C13H14F3N3O2. The summed E-state index contributed by atoms with van der Waals surface area (Å²) in [6.07, 6.45) is -4.59. The molecule has 8 heteroatoms. The Balaban J connectivity index is 2.21. The van der Waals surface area contributed by atoms with Crippen LogP contribution in [0, 0.1) is 0 Å². The van der Waals surface area contributed by atoms with E-state index in [0.717, 1.165) is 6.07 Å². The van der Waals surface area contributed by atoms with Crippen LogP contribution in [0.3, 0.4) is 0 Å². The van der Waals surface area contributed by atoms with Crippen LogP contribution in [-0.2, 0) is 13.0 Å². The molecule has 0 aliphatic heterocycles. The summed E-state index contributed by atoms with van der Waals surface area (Å²) >= 11 is 0. The molecule has 2 aromatic rings. The number of para-hydroxylation sites is 1. The summed E-state index contributed by atoms with van der Waals surface area (Å²) in [5, 5.41) is 14.1. The second kappa shape index (κ2) is 6.13. The molecule has 1 atom stereocenters. The van der Waals surface area contributed by atoms with Crippen molar-refractivity contribution in [2.45, 2.75) is 32.4 Å². The number of rotatable bonds is 5. The molecule has 0 bridgehead atoms. The third-order valence-electron chi connectivity index (χ3n) is 2.87. The van der Waals surface area contributed by atoms with Crippen molar-refractivity contribution in [2.75, 3.05) is 0 Å². The van der Waals surface area contributed by atoms with E-state index < -0.39 is 18.2 Å². The predicted molar refractivity (Wildman–Crippen MR) is 67.5 cm³/mol. The Morgan fingerprint density at radius 2 is 2.05 bits per heavy atom. The number of aliphatic hydroxyl groups excluding tert-OH is 1. The van der Waals surface area contributed by atoms with E-state index in [-0.39, 0.29) is 12.0 Å². The van der Waals surface area contributed by atoms with Gasteiger partial charge in [-0.2, -0.15) is 5.10 Å². The van der Waals surface area contributed by atoms with Crippen molar-refractivity contribution in [3.8, 4) is 5.75 Å². The van der Waals surface area contributed by atoms with Crippen molar-refractivity contribution < 1.29 is 23.0 Å². The summed E-state index contributed by atoms with van der Waals surface area (Å²) in [6, 6.07) is 5.49. The average Bonchev–Trinajstić information content (AvgIpc) is 2.84. The Morgan fingerprint density at radius 1 is 1.33 bits per heavy atom. The van der Waals surface area contributed by atoms with Crippen molar-refractivity contribution in [1.82, 2.24) is 14.8 Å². The molecule has 21 heavy (non-hydrogen) atoms. The van der Waals surface area contributed by atoms with E-state index in [0.29, 0.717) is 12.4 Å². The van der Waals surface area contributed by atoms with Gasteiger partial charge in [-0.05, 0) is 13.0 Å². The van der Waals surface area contributed by atoms with E-state index in [2.05, 4.69) is 14.8 Å². The van der Waals surface area contributed by atoms with Gasteiger partial charge in [-0.15, -0.1) is 13.2 Å². The standard InChI is InChI=1S/C13H14F3N3O2/c1-2-19-12(17-8-18-19)7-10(20)9-5-3-4-6-11(9)21-13(14,15)16/h3-6,8,10,20H,2,7H2,1H3. The minimum Gasteiger partial charge on any atom is -0.405 e. The van der Waals surface area contributed by atoms with Gasteiger partial charge in [0.2, 0.25) is 0 Å². The lowest BCUT2D eigenvalue weighted by Gasteiger charge is -2.17. The quantitative estimate of drug-likeness (QED) is 0.921. The van der Waals surface area contributed by atoms with Gasteiger partial charge in [0.15, 0.2) is 0 Å². The van der Waals surface area contributed by atoms with Crippen LogP contribution in [-0.4, -0.2) is 26.2 Å². The maximum Gasteiger partial charge on any atom is 0.573 e. The number of hydrogen-bond donors (Lipinski definition) is 1. The van der Waals surface area contributed by atoms with Crippen LogP contribution >= 0.6 is 0 Å². The van der Waals surface area contributed by atoms with E-state index in [4.69, 9.17) is 0 Å². The summed E-state index contributed by atoms with van der Waals surface area (Å²) < 4.78 is 42.5. The first-order chi connectivity index (χ1) is 9.90. The second-order valence-electron chi connectivity index (χ2n) is 4.30. The van der Waals surface area contributed by atoms with E-state index in [9.17, 15) is 18.3 Å². The first-order valence-electron chi connectivity index (χ1n) is 6.30. The summed E-state index contributed by atoms with van der Waals surface area (Å²) in [5.41, 5.74) is 0.0560. The van der Waals surface area contributed by atoms with Gasteiger partial charge in [0.1, 0.15) is 17.9 Å². The van der Waals surface area contributed by atoms with Crippen molar-refractivity contribution in [3.05, 3.63) is 42.0 Å². The molecule has 1 unspecified atom stereocenters. The Kier molecular flexibility index (Phi) is 4.46. The number of alkyl halides is 3. The summed E-state index contributed by atoms with van der Waals surface area (Å²) in [7, 11) is 0.